The largest absolute Gasteiger partial charge is 0.140 e. The number of rotatable bonds is 4. The first-order valence-corrected chi connectivity index (χ1v) is 23.9. The van der Waals surface area contributed by atoms with Crippen molar-refractivity contribution in [3.05, 3.63) is 121 Å². The first-order valence-electron chi connectivity index (χ1n) is 23.9. The first-order chi connectivity index (χ1) is 31.8. The van der Waals surface area contributed by atoms with Crippen LogP contribution in [0.15, 0.2) is 121 Å². The van der Waals surface area contributed by atoms with Crippen molar-refractivity contribution < 1.29 is 0 Å². The standard InChI is InChI=1S/C54H44B12/c55-43-40(46(58)47(59)42-41(43)48(60)52(64)53(65)49(42)61)38-32(29-16-12-26-10-8-22-4-2-6-24-14-18-31(29)37(26)35(22)24)19-27(20-33(38)39-44(56)50(62)54(66)51(63)45(39)57)28-15-11-25-9-7-21-3-1-5-23-13-17-30(28)36(25)34(21)23/h1-20H,55-66H2. The van der Waals surface area contributed by atoms with Gasteiger partial charge in [-0.3, -0.25) is 0 Å². The molecule has 0 fully saturated rings. The van der Waals surface area contributed by atoms with Crippen LogP contribution in [0, 0.1) is 0 Å². The van der Waals surface area contributed by atoms with Crippen LogP contribution in [0.3, 0.4) is 0 Å². The van der Waals surface area contributed by atoms with Crippen LogP contribution in [-0.4, -0.2) is 94.2 Å². The average Bonchev–Trinajstić information content (AvgIpc) is 3.33. The summed E-state index contributed by atoms with van der Waals surface area (Å²) in [6.45, 7) is 0. The molecule has 0 aliphatic carbocycles. The van der Waals surface area contributed by atoms with Crippen LogP contribution in [-0.2, 0) is 0 Å². The highest BCUT2D eigenvalue weighted by Gasteiger charge is 2.28. The molecule has 0 heterocycles. The molecule has 0 amide bonds. The van der Waals surface area contributed by atoms with Gasteiger partial charge in [-0.1, -0.05) is 147 Å². The van der Waals surface area contributed by atoms with E-state index in [-0.39, 0.29) is 0 Å². The zero-order valence-corrected chi connectivity index (χ0v) is 40.5. The van der Waals surface area contributed by atoms with Crippen LogP contribution in [0.2, 0.25) is 0 Å². The Kier molecular flexibility index (Phi) is 9.13. The highest BCUT2D eigenvalue weighted by Crippen LogP contribution is 2.48. The van der Waals surface area contributed by atoms with Crippen molar-refractivity contribution in [2.45, 2.75) is 0 Å². The lowest BCUT2D eigenvalue weighted by Crippen LogP contribution is -2.55. The molecule has 12 aromatic carbocycles. The summed E-state index contributed by atoms with van der Waals surface area (Å²) >= 11 is 0. The van der Waals surface area contributed by atoms with Crippen molar-refractivity contribution in [2.75, 3.05) is 0 Å². The summed E-state index contributed by atoms with van der Waals surface area (Å²) in [5, 5.41) is 18.5. The van der Waals surface area contributed by atoms with Gasteiger partial charge < -0.3 is 0 Å². The topological polar surface area (TPSA) is 0 Å². The second-order valence-corrected chi connectivity index (χ2v) is 19.9. The van der Waals surface area contributed by atoms with Gasteiger partial charge in [0, 0.05) is 0 Å². The zero-order valence-electron chi connectivity index (χ0n) is 40.5. The monoisotopic (exact) mass is 824 g/mol. The molecule has 12 aromatic rings. The Hall–Kier alpha value is -6.24. The van der Waals surface area contributed by atoms with Gasteiger partial charge in [0.05, 0.1) is 0 Å². The molecule has 0 aliphatic rings. The highest BCUT2D eigenvalue weighted by atomic mass is 14.3. The molecule has 0 unspecified atom stereocenters. The molecule has 0 saturated heterocycles. The van der Waals surface area contributed by atoms with Gasteiger partial charge in [0.25, 0.3) is 0 Å². The van der Waals surface area contributed by atoms with E-state index >= 15 is 0 Å². The van der Waals surface area contributed by atoms with Gasteiger partial charge in [-0.15, -0.1) is 27.3 Å². The van der Waals surface area contributed by atoms with Gasteiger partial charge in [0.1, 0.15) is 94.2 Å². The molecule has 0 aliphatic heterocycles. The third-order valence-corrected chi connectivity index (χ3v) is 17.1. The molecule has 12 rings (SSSR count). The summed E-state index contributed by atoms with van der Waals surface area (Å²) in [6, 6.07) is 46.9. The molecule has 0 saturated carbocycles. The smallest absolute Gasteiger partial charge is 0.102 e. The maximum atomic E-state index is 2.58. The average molecular weight is 823 g/mol. The van der Waals surface area contributed by atoms with E-state index in [0.29, 0.717) is 0 Å². The van der Waals surface area contributed by atoms with Crippen molar-refractivity contribution in [1.29, 1.82) is 0 Å². The summed E-state index contributed by atoms with van der Waals surface area (Å²) < 4.78 is 0. The van der Waals surface area contributed by atoms with E-state index in [0.717, 1.165) is 0 Å². The summed E-state index contributed by atoms with van der Waals surface area (Å²) in [4.78, 5) is 0. The SMILES string of the molecule is Bc1c(B)c(B)c(-c2cc(-c3ccc4ccc5cccc6ccc3c4c56)cc(-c3ccc4ccc5cccc6ccc3c4c56)c2-c2c(B)c(B)c3c(B)c(B)c(B)c(B)c3c2B)c(B)c1B. The van der Waals surface area contributed by atoms with Crippen LogP contribution < -0.4 is 65.6 Å². The molecule has 0 radical (unpaired) electrons. The molecule has 0 bridgehead atoms. The summed E-state index contributed by atoms with van der Waals surface area (Å²) in [5.41, 5.74) is 27.0. The molecule has 66 heavy (non-hydrogen) atoms. The van der Waals surface area contributed by atoms with Crippen LogP contribution in [0.25, 0.3) is 120 Å². The zero-order chi connectivity index (χ0) is 45.8. The van der Waals surface area contributed by atoms with E-state index in [1.165, 1.54) is 185 Å². The normalized spacial score (nSPS) is 12.1. The van der Waals surface area contributed by atoms with Gasteiger partial charge in [0.15, 0.2) is 0 Å². The van der Waals surface area contributed by atoms with Crippen molar-refractivity contribution in [2.24, 2.45) is 0 Å². The minimum Gasteiger partial charge on any atom is -0.102 e. The molecular weight excluding hydrogens is 778 g/mol. The van der Waals surface area contributed by atoms with Gasteiger partial charge >= 0.3 is 0 Å². The first kappa shape index (κ1) is 41.2. The Morgan fingerprint density at radius 1 is 0.212 bits per heavy atom. The predicted octanol–water partition coefficient (Wildman–Crippen LogP) is -5.60. The van der Waals surface area contributed by atoms with Crippen molar-refractivity contribution in [3.63, 3.8) is 0 Å². The van der Waals surface area contributed by atoms with Crippen molar-refractivity contribution in [3.8, 4) is 44.5 Å². The Morgan fingerprint density at radius 2 is 0.561 bits per heavy atom. The Morgan fingerprint density at radius 3 is 1.08 bits per heavy atom. The molecule has 296 valence electrons. The molecular formula is C54H44B12. The van der Waals surface area contributed by atoms with Crippen LogP contribution in [0.4, 0.5) is 0 Å². The number of benzene rings is 12. The lowest BCUT2D eigenvalue weighted by atomic mass is 9.57. The summed E-state index contributed by atoms with van der Waals surface area (Å²) in [6.07, 6.45) is 0. The van der Waals surface area contributed by atoms with Crippen LogP contribution >= 0.6 is 0 Å². The lowest BCUT2D eigenvalue weighted by Gasteiger charge is -2.30. The van der Waals surface area contributed by atoms with Gasteiger partial charge in [-0.2, -0.15) is 0 Å². The summed E-state index contributed by atoms with van der Waals surface area (Å²) in [7, 11) is 28.3. The van der Waals surface area contributed by atoms with E-state index in [1.54, 1.807) is 0 Å². The van der Waals surface area contributed by atoms with E-state index in [2.05, 4.69) is 215 Å². The Bertz CT molecular complexity index is 4080. The molecule has 0 atom stereocenters. The van der Waals surface area contributed by atoms with Crippen LogP contribution in [0.5, 0.6) is 0 Å². The van der Waals surface area contributed by atoms with Gasteiger partial charge in [-0.25, -0.2) is 0 Å². The lowest BCUT2D eigenvalue weighted by molar-refractivity contribution is 1.62. The van der Waals surface area contributed by atoms with Gasteiger partial charge in [0.2, 0.25) is 0 Å². The number of fused-ring (bicyclic) bond motifs is 1. The molecule has 0 spiro atoms. The summed E-state index contributed by atoms with van der Waals surface area (Å²) in [5.74, 6) is 0. The molecule has 12 heteroatoms. The fourth-order valence-electron chi connectivity index (χ4n) is 12.7. The third-order valence-electron chi connectivity index (χ3n) is 17.1. The maximum Gasteiger partial charge on any atom is 0.140 e. The quantitative estimate of drug-likeness (QED) is 0.123. The van der Waals surface area contributed by atoms with E-state index in [1.807, 2.05) is 0 Å². The minimum absolute atomic E-state index is 1.24. The van der Waals surface area contributed by atoms with E-state index in [9.17, 15) is 0 Å². The fourth-order valence-corrected chi connectivity index (χ4v) is 12.7. The third kappa shape index (κ3) is 5.51. The van der Waals surface area contributed by atoms with Gasteiger partial charge in [-0.05, 0) is 132 Å². The molecule has 0 nitrogen and oxygen atoms in total. The fraction of sp³-hybridized carbons (Fsp3) is 0. The Balaban J connectivity index is 1.33. The Labute approximate surface area is 398 Å². The second kappa shape index (κ2) is 14.6. The number of hydrogen-bond acceptors (Lipinski definition) is 0. The number of hydrogen-bond donors (Lipinski definition) is 0. The maximum absolute atomic E-state index is 2.58. The predicted molar refractivity (Wildman–Crippen MR) is 331 cm³/mol. The minimum atomic E-state index is 1.24. The van der Waals surface area contributed by atoms with Crippen molar-refractivity contribution >= 4 is 235 Å². The van der Waals surface area contributed by atoms with E-state index < -0.39 is 0 Å². The van der Waals surface area contributed by atoms with Crippen LogP contribution in [0.1, 0.15) is 0 Å². The molecule has 0 N–H and O–H groups in total. The van der Waals surface area contributed by atoms with Crippen molar-refractivity contribution in [1.82, 2.24) is 0 Å². The highest BCUT2D eigenvalue weighted by molar-refractivity contribution is 6.73. The second-order valence-electron chi connectivity index (χ2n) is 19.9. The molecule has 0 aromatic heterocycles. The van der Waals surface area contributed by atoms with E-state index in [4.69, 9.17) is 0 Å².